The van der Waals surface area contributed by atoms with Gasteiger partial charge in [0.25, 0.3) is 0 Å². The summed E-state index contributed by atoms with van der Waals surface area (Å²) in [6.45, 7) is 9.49. The summed E-state index contributed by atoms with van der Waals surface area (Å²) in [5, 5.41) is 0. The fourth-order valence-corrected chi connectivity index (χ4v) is 3.38. The van der Waals surface area contributed by atoms with E-state index in [4.69, 9.17) is 4.74 Å². The molecule has 1 atom stereocenters. The Morgan fingerprint density at radius 1 is 1.05 bits per heavy atom. The number of likely N-dealkylation sites (tertiary alicyclic amines) is 1. The predicted octanol–water partition coefficient (Wildman–Crippen LogP) is 3.82. The van der Waals surface area contributed by atoms with Crippen LogP contribution in [0.4, 0.5) is 0 Å². The number of nitrogens with one attached hydrogen (secondary N) is 1. The molecule has 1 aliphatic rings. The minimum atomic E-state index is 0.581. The normalized spacial score (nSPS) is 17.9. The average Bonchev–Trinajstić information content (AvgIpc) is 2.83. The number of para-hydroxylation sites is 1. The van der Waals surface area contributed by atoms with Crippen LogP contribution in [0, 0.1) is 0 Å². The van der Waals surface area contributed by atoms with Gasteiger partial charge in [0.2, 0.25) is 0 Å². The second-order valence-corrected chi connectivity index (χ2v) is 6.82. The van der Waals surface area contributed by atoms with Crippen LogP contribution in [-0.4, -0.2) is 26.2 Å². The first-order valence-electron chi connectivity index (χ1n) is 9.36. The molecule has 22 heavy (non-hydrogen) atoms. The molecule has 1 heterocycles. The van der Waals surface area contributed by atoms with E-state index in [1.165, 1.54) is 70.1 Å². The standard InChI is InChI=1S/C20H33NO/c1-3-18(2)19-12-6-7-13-20(19)22-17-11-10-16-21-14-8-4-5-9-15-21/h6-7,12-13,18H,3-5,8-11,14-17H2,1-2H3/p+1/t18-/m1/s1. The Kier molecular flexibility index (Phi) is 7.79. The van der Waals surface area contributed by atoms with E-state index in [0.29, 0.717) is 5.92 Å². The van der Waals surface area contributed by atoms with Crippen molar-refractivity contribution in [1.82, 2.24) is 0 Å². The SMILES string of the molecule is CC[C@@H](C)c1ccccc1OCCCC[NH+]1CCCCCC1. The molecule has 1 fully saturated rings. The van der Waals surface area contributed by atoms with E-state index in [1.807, 2.05) is 4.90 Å². The molecule has 1 aromatic rings. The minimum Gasteiger partial charge on any atom is -0.493 e. The first kappa shape index (κ1) is 17.3. The quantitative estimate of drug-likeness (QED) is 0.721. The molecule has 0 aromatic heterocycles. The van der Waals surface area contributed by atoms with Gasteiger partial charge < -0.3 is 9.64 Å². The van der Waals surface area contributed by atoms with E-state index in [0.717, 1.165) is 12.4 Å². The van der Waals surface area contributed by atoms with Gasteiger partial charge in [0.05, 0.1) is 26.2 Å². The van der Waals surface area contributed by atoms with Gasteiger partial charge in [0.15, 0.2) is 0 Å². The van der Waals surface area contributed by atoms with Gasteiger partial charge in [-0.15, -0.1) is 0 Å². The number of unbranched alkanes of at least 4 members (excludes halogenated alkanes) is 1. The van der Waals surface area contributed by atoms with E-state index in [-0.39, 0.29) is 0 Å². The van der Waals surface area contributed by atoms with Crippen molar-refractivity contribution in [3.05, 3.63) is 29.8 Å². The molecule has 0 bridgehead atoms. The number of hydrogen-bond acceptors (Lipinski definition) is 1. The Balaban J connectivity index is 1.68. The molecule has 124 valence electrons. The number of ether oxygens (including phenoxy) is 1. The largest absolute Gasteiger partial charge is 0.493 e. The summed E-state index contributed by atoms with van der Waals surface area (Å²) in [6.07, 6.45) is 9.37. The van der Waals surface area contributed by atoms with Crippen LogP contribution in [0.15, 0.2) is 24.3 Å². The molecular formula is C20H34NO+. The molecule has 0 unspecified atom stereocenters. The molecule has 2 rings (SSSR count). The highest BCUT2D eigenvalue weighted by atomic mass is 16.5. The van der Waals surface area contributed by atoms with Gasteiger partial charge in [-0.05, 0) is 62.5 Å². The van der Waals surface area contributed by atoms with Gasteiger partial charge in [-0.25, -0.2) is 0 Å². The van der Waals surface area contributed by atoms with Crippen molar-refractivity contribution in [3.8, 4) is 5.75 Å². The summed E-state index contributed by atoms with van der Waals surface area (Å²) in [5.41, 5.74) is 1.36. The molecule has 1 aromatic carbocycles. The van der Waals surface area contributed by atoms with Crippen molar-refractivity contribution in [2.75, 3.05) is 26.2 Å². The highest BCUT2D eigenvalue weighted by Gasteiger charge is 2.12. The third kappa shape index (κ3) is 5.64. The van der Waals surface area contributed by atoms with Crippen LogP contribution in [0.5, 0.6) is 5.75 Å². The molecule has 2 heteroatoms. The second-order valence-electron chi connectivity index (χ2n) is 6.82. The molecule has 0 radical (unpaired) electrons. The molecule has 2 nitrogen and oxygen atoms in total. The van der Waals surface area contributed by atoms with E-state index >= 15 is 0 Å². The van der Waals surface area contributed by atoms with E-state index in [9.17, 15) is 0 Å². The summed E-state index contributed by atoms with van der Waals surface area (Å²) >= 11 is 0. The summed E-state index contributed by atoms with van der Waals surface area (Å²) in [7, 11) is 0. The van der Waals surface area contributed by atoms with Crippen LogP contribution in [0.2, 0.25) is 0 Å². The maximum absolute atomic E-state index is 6.06. The number of rotatable bonds is 8. The summed E-state index contributed by atoms with van der Waals surface area (Å²) in [6, 6.07) is 8.55. The summed E-state index contributed by atoms with van der Waals surface area (Å²) in [4.78, 5) is 1.82. The lowest BCUT2D eigenvalue weighted by atomic mass is 9.98. The van der Waals surface area contributed by atoms with Gasteiger partial charge in [-0.3, -0.25) is 0 Å². The molecule has 1 aliphatic heterocycles. The van der Waals surface area contributed by atoms with Crippen molar-refractivity contribution in [2.24, 2.45) is 0 Å². The summed E-state index contributed by atoms with van der Waals surface area (Å²) in [5.74, 6) is 1.68. The Morgan fingerprint density at radius 3 is 2.50 bits per heavy atom. The Bertz CT molecular complexity index is 410. The Labute approximate surface area is 136 Å². The fourth-order valence-electron chi connectivity index (χ4n) is 3.38. The van der Waals surface area contributed by atoms with Gasteiger partial charge in [0, 0.05) is 0 Å². The zero-order chi connectivity index (χ0) is 15.6. The van der Waals surface area contributed by atoms with Crippen molar-refractivity contribution >= 4 is 0 Å². The zero-order valence-corrected chi connectivity index (χ0v) is 14.6. The minimum absolute atomic E-state index is 0.581. The number of benzene rings is 1. The van der Waals surface area contributed by atoms with E-state index < -0.39 is 0 Å². The highest BCUT2D eigenvalue weighted by Crippen LogP contribution is 2.28. The van der Waals surface area contributed by atoms with Gasteiger partial charge in [-0.1, -0.05) is 32.0 Å². The maximum Gasteiger partial charge on any atom is 0.122 e. The van der Waals surface area contributed by atoms with Gasteiger partial charge in [0.1, 0.15) is 5.75 Å². The summed E-state index contributed by atoms with van der Waals surface area (Å²) < 4.78 is 6.06. The monoisotopic (exact) mass is 304 g/mol. The lowest BCUT2D eigenvalue weighted by Gasteiger charge is -2.18. The van der Waals surface area contributed by atoms with Crippen molar-refractivity contribution < 1.29 is 9.64 Å². The second kappa shape index (κ2) is 9.89. The van der Waals surface area contributed by atoms with Gasteiger partial charge >= 0.3 is 0 Å². The van der Waals surface area contributed by atoms with Crippen molar-refractivity contribution in [1.29, 1.82) is 0 Å². The van der Waals surface area contributed by atoms with Crippen LogP contribution in [0.1, 0.15) is 70.3 Å². The van der Waals surface area contributed by atoms with Crippen molar-refractivity contribution in [2.45, 2.75) is 64.7 Å². The fraction of sp³-hybridized carbons (Fsp3) is 0.700. The van der Waals surface area contributed by atoms with E-state index in [1.54, 1.807) is 0 Å². The van der Waals surface area contributed by atoms with Gasteiger partial charge in [-0.2, -0.15) is 0 Å². The number of quaternary nitrogens is 1. The molecule has 0 spiro atoms. The molecule has 1 saturated heterocycles. The Hall–Kier alpha value is -1.02. The van der Waals surface area contributed by atoms with Crippen LogP contribution in [0.25, 0.3) is 0 Å². The average molecular weight is 304 g/mol. The molecular weight excluding hydrogens is 270 g/mol. The predicted molar refractivity (Wildman–Crippen MR) is 93.9 cm³/mol. The lowest BCUT2D eigenvalue weighted by Crippen LogP contribution is -3.11. The zero-order valence-electron chi connectivity index (χ0n) is 14.6. The van der Waals surface area contributed by atoms with Crippen molar-refractivity contribution in [3.63, 3.8) is 0 Å². The van der Waals surface area contributed by atoms with Crippen LogP contribution in [-0.2, 0) is 0 Å². The molecule has 0 aliphatic carbocycles. The van der Waals surface area contributed by atoms with Crippen LogP contribution >= 0.6 is 0 Å². The first-order valence-corrected chi connectivity index (χ1v) is 9.36. The molecule has 1 N–H and O–H groups in total. The van der Waals surface area contributed by atoms with E-state index in [2.05, 4.69) is 38.1 Å². The highest BCUT2D eigenvalue weighted by molar-refractivity contribution is 5.35. The lowest BCUT2D eigenvalue weighted by molar-refractivity contribution is -0.899. The molecule has 0 saturated carbocycles. The third-order valence-corrected chi connectivity index (χ3v) is 5.06. The van der Waals surface area contributed by atoms with Crippen LogP contribution in [0.3, 0.4) is 0 Å². The Morgan fingerprint density at radius 2 is 1.77 bits per heavy atom. The smallest absolute Gasteiger partial charge is 0.122 e. The topological polar surface area (TPSA) is 13.7 Å². The first-order chi connectivity index (χ1) is 10.8. The van der Waals surface area contributed by atoms with Crippen LogP contribution < -0.4 is 9.64 Å². The number of hydrogen-bond donors (Lipinski definition) is 1. The molecule has 0 amide bonds. The third-order valence-electron chi connectivity index (χ3n) is 5.06. The maximum atomic E-state index is 6.06.